The first-order valence-electron chi connectivity index (χ1n) is 8.29. The van der Waals surface area contributed by atoms with Gasteiger partial charge < -0.3 is 21.3 Å². The fraction of sp³-hybridized carbons (Fsp3) is 0.529. The predicted molar refractivity (Wildman–Crippen MR) is 88.9 cm³/mol. The minimum absolute atomic E-state index is 0.0912. The van der Waals surface area contributed by atoms with E-state index in [0.29, 0.717) is 23.7 Å². The molecule has 6 nitrogen and oxygen atoms in total. The van der Waals surface area contributed by atoms with E-state index in [9.17, 15) is 9.59 Å². The van der Waals surface area contributed by atoms with Crippen molar-refractivity contribution in [1.82, 2.24) is 15.5 Å². The lowest BCUT2D eigenvalue weighted by atomic mass is 10.0. The first kappa shape index (κ1) is 15.8. The second-order valence-electron chi connectivity index (χ2n) is 6.43. The third-order valence-electron chi connectivity index (χ3n) is 4.66. The van der Waals surface area contributed by atoms with E-state index in [4.69, 9.17) is 5.73 Å². The summed E-state index contributed by atoms with van der Waals surface area (Å²) in [6.07, 6.45) is 3.01. The van der Waals surface area contributed by atoms with E-state index in [2.05, 4.69) is 10.6 Å². The van der Waals surface area contributed by atoms with Crippen molar-refractivity contribution in [3.63, 3.8) is 0 Å². The molecule has 0 aromatic heterocycles. The Kier molecular flexibility index (Phi) is 4.81. The molecule has 0 unspecified atom stereocenters. The highest BCUT2D eigenvalue weighted by atomic mass is 16.2. The number of likely N-dealkylation sites (tertiary alicyclic amines) is 1. The van der Waals surface area contributed by atoms with Gasteiger partial charge in [-0.2, -0.15) is 0 Å². The van der Waals surface area contributed by atoms with Gasteiger partial charge in [-0.15, -0.1) is 0 Å². The average Bonchev–Trinajstić information content (AvgIpc) is 3.24. The number of nitrogens with one attached hydrogen (secondary N) is 2. The van der Waals surface area contributed by atoms with E-state index in [-0.39, 0.29) is 17.9 Å². The van der Waals surface area contributed by atoms with Crippen LogP contribution >= 0.6 is 0 Å². The van der Waals surface area contributed by atoms with Crippen molar-refractivity contribution in [1.29, 1.82) is 0 Å². The van der Waals surface area contributed by atoms with Gasteiger partial charge in [0.1, 0.15) is 0 Å². The first-order valence-corrected chi connectivity index (χ1v) is 8.29. The molecule has 0 aliphatic carbocycles. The molecule has 2 amide bonds. The molecule has 0 spiro atoms. The normalized spacial score (nSPS) is 23.9. The second kappa shape index (κ2) is 7.00. The van der Waals surface area contributed by atoms with Crippen LogP contribution in [0.4, 0.5) is 5.69 Å². The number of carbonyl (C=O) groups excluding carboxylic acids is 2. The summed E-state index contributed by atoms with van der Waals surface area (Å²) in [7, 11) is 0. The number of anilines is 1. The second-order valence-corrected chi connectivity index (χ2v) is 6.43. The monoisotopic (exact) mass is 316 g/mol. The molecule has 1 aromatic carbocycles. The van der Waals surface area contributed by atoms with Gasteiger partial charge in [0.05, 0.1) is 6.04 Å². The molecule has 124 valence electrons. The van der Waals surface area contributed by atoms with Crippen molar-refractivity contribution in [3.8, 4) is 0 Å². The Balaban J connectivity index is 1.45. The van der Waals surface area contributed by atoms with Crippen LogP contribution in [0.1, 0.15) is 29.6 Å². The van der Waals surface area contributed by atoms with Crippen LogP contribution in [-0.2, 0) is 4.79 Å². The molecule has 0 bridgehead atoms. The van der Waals surface area contributed by atoms with E-state index in [0.717, 1.165) is 38.9 Å². The molecule has 2 heterocycles. The minimum Gasteiger partial charge on any atom is -0.399 e. The Hall–Kier alpha value is -2.08. The van der Waals surface area contributed by atoms with Crippen LogP contribution < -0.4 is 16.4 Å². The minimum atomic E-state index is -0.0979. The zero-order chi connectivity index (χ0) is 16.2. The Labute approximate surface area is 136 Å². The molecule has 2 fully saturated rings. The number of nitrogen functional groups attached to an aromatic ring is 1. The van der Waals surface area contributed by atoms with Gasteiger partial charge in [0.15, 0.2) is 0 Å². The van der Waals surface area contributed by atoms with Crippen molar-refractivity contribution in [2.75, 3.05) is 31.9 Å². The summed E-state index contributed by atoms with van der Waals surface area (Å²) < 4.78 is 0. The van der Waals surface area contributed by atoms with Gasteiger partial charge in [-0.05, 0) is 49.4 Å². The zero-order valence-corrected chi connectivity index (χ0v) is 13.3. The third-order valence-corrected chi connectivity index (χ3v) is 4.66. The summed E-state index contributed by atoms with van der Waals surface area (Å²) >= 11 is 0. The number of nitrogens with two attached hydrogens (primary N) is 1. The zero-order valence-electron chi connectivity index (χ0n) is 13.3. The summed E-state index contributed by atoms with van der Waals surface area (Å²) in [6, 6.07) is 6.79. The molecule has 6 heteroatoms. The fourth-order valence-electron chi connectivity index (χ4n) is 3.28. The van der Waals surface area contributed by atoms with Crippen molar-refractivity contribution >= 4 is 17.5 Å². The van der Waals surface area contributed by atoms with Crippen molar-refractivity contribution in [2.45, 2.75) is 25.3 Å². The van der Waals surface area contributed by atoms with E-state index >= 15 is 0 Å². The van der Waals surface area contributed by atoms with Gasteiger partial charge in [-0.1, -0.05) is 0 Å². The van der Waals surface area contributed by atoms with Gasteiger partial charge in [0.2, 0.25) is 5.91 Å². The van der Waals surface area contributed by atoms with Crippen molar-refractivity contribution < 1.29 is 9.59 Å². The van der Waals surface area contributed by atoms with Crippen LogP contribution in [0.2, 0.25) is 0 Å². The highest BCUT2D eigenvalue weighted by Gasteiger charge is 2.33. The van der Waals surface area contributed by atoms with Gasteiger partial charge in [-0.3, -0.25) is 9.59 Å². The number of benzene rings is 1. The number of hydrogen-bond acceptors (Lipinski definition) is 4. The summed E-state index contributed by atoms with van der Waals surface area (Å²) in [6.45, 7) is 3.12. The predicted octanol–water partition coefficient (Wildman–Crippen LogP) is 0.599. The lowest BCUT2D eigenvalue weighted by molar-refractivity contribution is -0.132. The number of amides is 2. The smallest absolute Gasteiger partial charge is 0.251 e. The SMILES string of the molecule is Nc1ccc(C(=O)NC[C@@H]2CN[C@H](C(=O)N3CCCC3)C2)cc1. The number of nitrogens with zero attached hydrogens (tertiary/aromatic N) is 1. The van der Waals surface area contributed by atoms with Crippen LogP contribution in [0.25, 0.3) is 0 Å². The van der Waals surface area contributed by atoms with Gasteiger partial charge >= 0.3 is 0 Å². The van der Waals surface area contributed by atoms with E-state index in [1.807, 2.05) is 4.90 Å². The third kappa shape index (κ3) is 3.82. The number of rotatable bonds is 4. The lowest BCUT2D eigenvalue weighted by Crippen LogP contribution is -2.42. The molecule has 2 atom stereocenters. The topological polar surface area (TPSA) is 87.5 Å². The van der Waals surface area contributed by atoms with Crippen LogP contribution in [0, 0.1) is 5.92 Å². The summed E-state index contributed by atoms with van der Waals surface area (Å²) in [5, 5.41) is 6.24. The Morgan fingerprint density at radius 2 is 1.91 bits per heavy atom. The quantitative estimate of drug-likeness (QED) is 0.710. The van der Waals surface area contributed by atoms with E-state index in [1.165, 1.54) is 0 Å². The van der Waals surface area contributed by atoms with E-state index < -0.39 is 0 Å². The maximum Gasteiger partial charge on any atom is 0.251 e. The Morgan fingerprint density at radius 1 is 1.22 bits per heavy atom. The maximum atomic E-state index is 12.3. The number of hydrogen-bond donors (Lipinski definition) is 3. The molecule has 0 radical (unpaired) electrons. The molecular weight excluding hydrogens is 292 g/mol. The van der Waals surface area contributed by atoms with Gasteiger partial charge in [-0.25, -0.2) is 0 Å². The van der Waals surface area contributed by atoms with Gasteiger partial charge in [0.25, 0.3) is 5.91 Å². The largest absolute Gasteiger partial charge is 0.399 e. The average molecular weight is 316 g/mol. The van der Waals surface area contributed by atoms with Crippen LogP contribution in [-0.4, -0.2) is 48.9 Å². The molecule has 2 aliphatic rings. The summed E-state index contributed by atoms with van der Waals surface area (Å²) in [4.78, 5) is 26.4. The Bertz CT molecular complexity index is 566. The molecule has 23 heavy (non-hydrogen) atoms. The maximum absolute atomic E-state index is 12.3. The molecule has 2 saturated heterocycles. The van der Waals surface area contributed by atoms with Crippen LogP contribution in [0.3, 0.4) is 0 Å². The van der Waals surface area contributed by atoms with Crippen molar-refractivity contribution in [3.05, 3.63) is 29.8 Å². The molecule has 2 aliphatic heterocycles. The van der Waals surface area contributed by atoms with Gasteiger partial charge in [0, 0.05) is 37.4 Å². The summed E-state index contributed by atoms with van der Waals surface area (Å²) in [5.74, 6) is 0.415. The Morgan fingerprint density at radius 3 is 2.61 bits per heavy atom. The fourth-order valence-corrected chi connectivity index (χ4v) is 3.28. The van der Waals surface area contributed by atoms with Crippen LogP contribution in [0.5, 0.6) is 0 Å². The van der Waals surface area contributed by atoms with Crippen molar-refractivity contribution in [2.24, 2.45) is 5.92 Å². The highest BCUT2D eigenvalue weighted by Crippen LogP contribution is 2.18. The molecule has 3 rings (SSSR count). The highest BCUT2D eigenvalue weighted by molar-refractivity contribution is 5.94. The molecule has 4 N–H and O–H groups in total. The lowest BCUT2D eigenvalue weighted by Gasteiger charge is -2.20. The molecular formula is C17H24N4O2. The van der Waals surface area contributed by atoms with Crippen LogP contribution in [0.15, 0.2) is 24.3 Å². The van der Waals surface area contributed by atoms with E-state index in [1.54, 1.807) is 24.3 Å². The standard InChI is InChI=1S/C17H24N4O2/c18-14-5-3-13(4-6-14)16(22)20-11-12-9-15(19-10-12)17(23)21-7-1-2-8-21/h3-6,12,15,19H,1-2,7-11,18H2,(H,20,22)/t12-,15-/m0/s1. The summed E-state index contributed by atoms with van der Waals surface area (Å²) in [5.41, 5.74) is 6.87. The first-order chi connectivity index (χ1) is 11.1. The molecule has 1 aromatic rings. The molecule has 0 saturated carbocycles. The number of carbonyl (C=O) groups is 2.